The van der Waals surface area contributed by atoms with Gasteiger partial charge in [0.15, 0.2) is 11.5 Å². The Balaban J connectivity index is 1.83. The highest BCUT2D eigenvalue weighted by molar-refractivity contribution is 7.99. The van der Waals surface area contributed by atoms with Gasteiger partial charge in [-0.25, -0.2) is 5.43 Å². The van der Waals surface area contributed by atoms with Gasteiger partial charge in [0.1, 0.15) is 0 Å². The van der Waals surface area contributed by atoms with Crippen molar-refractivity contribution < 1.29 is 14.3 Å². The normalized spacial score (nSPS) is 10.9. The highest BCUT2D eigenvalue weighted by Gasteiger charge is 2.06. The third-order valence-corrected chi connectivity index (χ3v) is 4.76. The van der Waals surface area contributed by atoms with Gasteiger partial charge < -0.3 is 9.47 Å². The Kier molecular flexibility index (Phi) is 8.88. The zero-order valence-electron chi connectivity index (χ0n) is 17.0. The first-order valence-electron chi connectivity index (χ1n) is 9.38. The number of hydrazone groups is 1. The number of rotatable bonds is 10. The summed E-state index contributed by atoms with van der Waals surface area (Å²) in [5.74, 6) is 2.41. The molecule has 0 aliphatic carbocycles. The molecular formula is C22H28N2O3S. The molecule has 0 fully saturated rings. The van der Waals surface area contributed by atoms with Gasteiger partial charge in [-0.2, -0.15) is 5.10 Å². The molecule has 2 aromatic rings. The summed E-state index contributed by atoms with van der Waals surface area (Å²) in [4.78, 5) is 12.0. The monoisotopic (exact) mass is 400 g/mol. The zero-order chi connectivity index (χ0) is 20.4. The smallest absolute Gasteiger partial charge is 0.250 e. The van der Waals surface area contributed by atoms with Crippen LogP contribution in [0.5, 0.6) is 11.5 Å². The van der Waals surface area contributed by atoms with Crippen molar-refractivity contribution in [3.63, 3.8) is 0 Å². The van der Waals surface area contributed by atoms with Gasteiger partial charge in [-0.3, -0.25) is 4.79 Å². The standard InChI is InChI=1S/C22H28N2O3S/c1-5-26-20-8-7-18(12-21(20)27-6-2)13-23-24-22(25)15-28-14-19-10-16(3)9-17(4)11-19/h7-13H,5-6,14-15H2,1-4H3,(H,24,25)/b23-13+. The predicted molar refractivity (Wildman–Crippen MR) is 117 cm³/mol. The number of hydrogen-bond acceptors (Lipinski definition) is 5. The number of amides is 1. The first-order valence-corrected chi connectivity index (χ1v) is 10.5. The molecule has 0 radical (unpaired) electrons. The molecule has 2 rings (SSSR count). The SMILES string of the molecule is CCOc1ccc(/C=N/NC(=O)CSCc2cc(C)cc(C)c2)cc1OCC. The van der Waals surface area contributed by atoms with E-state index in [0.717, 1.165) is 11.3 Å². The quantitative estimate of drug-likeness (QED) is 0.472. The van der Waals surface area contributed by atoms with Gasteiger partial charge >= 0.3 is 0 Å². The predicted octanol–water partition coefficient (Wildman–Crippen LogP) is 4.48. The molecule has 0 heterocycles. The van der Waals surface area contributed by atoms with E-state index >= 15 is 0 Å². The molecule has 2 aromatic carbocycles. The second kappa shape index (κ2) is 11.4. The second-order valence-corrected chi connectivity index (χ2v) is 7.34. The van der Waals surface area contributed by atoms with Gasteiger partial charge in [0, 0.05) is 5.75 Å². The number of aryl methyl sites for hydroxylation is 2. The Labute approximate surface area is 171 Å². The van der Waals surface area contributed by atoms with Crippen LogP contribution in [0.15, 0.2) is 41.5 Å². The number of carbonyl (C=O) groups is 1. The number of benzene rings is 2. The van der Waals surface area contributed by atoms with Crippen molar-refractivity contribution in [2.45, 2.75) is 33.4 Å². The molecule has 6 heteroatoms. The summed E-state index contributed by atoms with van der Waals surface area (Å²) >= 11 is 1.57. The fraction of sp³-hybridized carbons (Fsp3) is 0.364. The number of ether oxygens (including phenoxy) is 2. The molecule has 0 bridgehead atoms. The Morgan fingerprint density at radius 1 is 1.04 bits per heavy atom. The first kappa shape index (κ1) is 21.8. The van der Waals surface area contributed by atoms with Gasteiger partial charge in [0.25, 0.3) is 0 Å². The van der Waals surface area contributed by atoms with Crippen molar-refractivity contribution in [2.75, 3.05) is 19.0 Å². The number of thioether (sulfide) groups is 1. The lowest BCUT2D eigenvalue weighted by Crippen LogP contribution is -2.19. The van der Waals surface area contributed by atoms with Crippen molar-refractivity contribution in [3.8, 4) is 11.5 Å². The molecule has 28 heavy (non-hydrogen) atoms. The number of hydrogen-bond donors (Lipinski definition) is 1. The summed E-state index contributed by atoms with van der Waals surface area (Å²) in [7, 11) is 0. The van der Waals surface area contributed by atoms with Crippen LogP contribution in [0.25, 0.3) is 0 Å². The maximum Gasteiger partial charge on any atom is 0.250 e. The fourth-order valence-electron chi connectivity index (χ4n) is 2.77. The zero-order valence-corrected chi connectivity index (χ0v) is 17.8. The summed E-state index contributed by atoms with van der Waals surface area (Å²) in [6, 6.07) is 12.0. The van der Waals surface area contributed by atoms with Crippen LogP contribution >= 0.6 is 11.8 Å². The van der Waals surface area contributed by atoms with E-state index in [-0.39, 0.29) is 5.91 Å². The largest absolute Gasteiger partial charge is 0.490 e. The van der Waals surface area contributed by atoms with Crippen LogP contribution in [0.3, 0.4) is 0 Å². The summed E-state index contributed by atoms with van der Waals surface area (Å²) < 4.78 is 11.1. The molecular weight excluding hydrogens is 372 g/mol. The van der Waals surface area contributed by atoms with Gasteiger partial charge in [-0.05, 0) is 57.0 Å². The number of nitrogens with one attached hydrogen (secondary N) is 1. The van der Waals surface area contributed by atoms with E-state index in [1.54, 1.807) is 18.0 Å². The molecule has 0 spiro atoms. The van der Waals surface area contributed by atoms with Crippen LogP contribution in [-0.2, 0) is 10.5 Å². The molecule has 5 nitrogen and oxygen atoms in total. The van der Waals surface area contributed by atoms with Crippen molar-refractivity contribution in [1.29, 1.82) is 0 Å². The Bertz CT molecular complexity index is 801. The van der Waals surface area contributed by atoms with Gasteiger partial charge in [-0.1, -0.05) is 29.3 Å². The average Bonchev–Trinajstić information content (AvgIpc) is 2.63. The van der Waals surface area contributed by atoms with Crippen LogP contribution in [0.2, 0.25) is 0 Å². The van der Waals surface area contributed by atoms with E-state index < -0.39 is 0 Å². The molecule has 0 saturated carbocycles. The first-order chi connectivity index (χ1) is 13.5. The molecule has 0 saturated heterocycles. The average molecular weight is 401 g/mol. The molecule has 1 N–H and O–H groups in total. The van der Waals surface area contributed by atoms with Gasteiger partial charge in [0.2, 0.25) is 5.91 Å². The molecule has 1 amide bonds. The Morgan fingerprint density at radius 3 is 2.39 bits per heavy atom. The molecule has 150 valence electrons. The van der Waals surface area contributed by atoms with E-state index in [1.807, 2.05) is 32.0 Å². The maximum atomic E-state index is 12.0. The van der Waals surface area contributed by atoms with Crippen molar-refractivity contribution in [2.24, 2.45) is 5.10 Å². The van der Waals surface area contributed by atoms with Crippen LogP contribution in [0.4, 0.5) is 0 Å². The Morgan fingerprint density at radius 2 is 1.71 bits per heavy atom. The van der Waals surface area contributed by atoms with Gasteiger partial charge in [-0.15, -0.1) is 11.8 Å². The third-order valence-electron chi connectivity index (χ3n) is 3.75. The minimum absolute atomic E-state index is 0.124. The fourth-order valence-corrected chi connectivity index (χ4v) is 3.53. The minimum Gasteiger partial charge on any atom is -0.490 e. The lowest BCUT2D eigenvalue weighted by atomic mass is 10.1. The second-order valence-electron chi connectivity index (χ2n) is 6.35. The molecule has 0 aliphatic rings. The van der Waals surface area contributed by atoms with E-state index in [0.29, 0.717) is 30.5 Å². The summed E-state index contributed by atoms with van der Waals surface area (Å²) in [6.07, 6.45) is 1.60. The molecule has 0 atom stereocenters. The topological polar surface area (TPSA) is 59.9 Å². The van der Waals surface area contributed by atoms with Crippen LogP contribution < -0.4 is 14.9 Å². The highest BCUT2D eigenvalue weighted by atomic mass is 32.2. The highest BCUT2D eigenvalue weighted by Crippen LogP contribution is 2.28. The summed E-state index contributed by atoms with van der Waals surface area (Å²) in [5.41, 5.74) is 7.11. The van der Waals surface area contributed by atoms with Crippen molar-refractivity contribution >= 4 is 23.9 Å². The Hall–Kier alpha value is -2.47. The third kappa shape index (κ3) is 7.27. The van der Waals surface area contributed by atoms with Gasteiger partial charge in [0.05, 0.1) is 25.2 Å². The van der Waals surface area contributed by atoms with Crippen LogP contribution in [0, 0.1) is 13.8 Å². The minimum atomic E-state index is -0.124. The molecule has 0 aromatic heterocycles. The molecule has 0 aliphatic heterocycles. The summed E-state index contributed by atoms with van der Waals surface area (Å²) in [6.45, 7) is 9.14. The number of nitrogens with zero attached hydrogens (tertiary/aromatic N) is 1. The van der Waals surface area contributed by atoms with E-state index in [9.17, 15) is 4.79 Å². The molecule has 0 unspecified atom stereocenters. The van der Waals surface area contributed by atoms with E-state index in [4.69, 9.17) is 9.47 Å². The summed E-state index contributed by atoms with van der Waals surface area (Å²) in [5, 5.41) is 4.04. The lowest BCUT2D eigenvalue weighted by Gasteiger charge is -2.11. The number of carbonyl (C=O) groups excluding carboxylic acids is 1. The van der Waals surface area contributed by atoms with Crippen LogP contribution in [0.1, 0.15) is 36.1 Å². The van der Waals surface area contributed by atoms with Crippen molar-refractivity contribution in [1.82, 2.24) is 5.43 Å². The maximum absolute atomic E-state index is 12.0. The lowest BCUT2D eigenvalue weighted by molar-refractivity contribution is -0.118. The van der Waals surface area contributed by atoms with Crippen LogP contribution in [-0.4, -0.2) is 31.1 Å². The van der Waals surface area contributed by atoms with E-state index in [1.165, 1.54) is 16.7 Å². The van der Waals surface area contributed by atoms with Crippen molar-refractivity contribution in [3.05, 3.63) is 58.7 Å². The van der Waals surface area contributed by atoms with E-state index in [2.05, 4.69) is 42.6 Å².